The summed E-state index contributed by atoms with van der Waals surface area (Å²) < 4.78 is 9.89. The SMILES string of the molecule is O=C(Nc1nonc1-c1ccc2c(c1)CCCC2)c1ccco1. The molecule has 1 N–H and O–H groups in total. The number of carbonyl (C=O) groups excluding carboxylic acids is 1. The molecule has 6 heteroatoms. The highest BCUT2D eigenvalue weighted by Gasteiger charge is 2.19. The van der Waals surface area contributed by atoms with Crippen molar-refractivity contribution in [3.8, 4) is 11.3 Å². The number of nitrogens with zero attached hydrogens (tertiary/aromatic N) is 2. The minimum Gasteiger partial charge on any atom is -0.459 e. The zero-order valence-electron chi connectivity index (χ0n) is 12.4. The van der Waals surface area contributed by atoms with Crippen LogP contribution in [0, 0.1) is 0 Å². The van der Waals surface area contributed by atoms with Gasteiger partial charge in [0.15, 0.2) is 11.5 Å². The highest BCUT2D eigenvalue weighted by atomic mass is 16.6. The predicted molar refractivity (Wildman–Crippen MR) is 83.0 cm³/mol. The number of aromatic nitrogens is 2. The first-order valence-corrected chi connectivity index (χ1v) is 7.61. The highest BCUT2D eigenvalue weighted by molar-refractivity contribution is 6.03. The van der Waals surface area contributed by atoms with Gasteiger partial charge in [0.25, 0.3) is 5.91 Å². The second-order valence-corrected chi connectivity index (χ2v) is 5.58. The van der Waals surface area contributed by atoms with Gasteiger partial charge in [-0.05, 0) is 65.3 Å². The monoisotopic (exact) mass is 309 g/mol. The lowest BCUT2D eigenvalue weighted by molar-refractivity contribution is 0.0995. The number of aryl methyl sites for hydroxylation is 2. The van der Waals surface area contributed by atoms with E-state index in [1.807, 2.05) is 6.07 Å². The van der Waals surface area contributed by atoms with Crippen LogP contribution in [-0.2, 0) is 12.8 Å². The number of hydrogen-bond acceptors (Lipinski definition) is 5. The van der Waals surface area contributed by atoms with Gasteiger partial charge in [0, 0.05) is 5.56 Å². The zero-order chi connectivity index (χ0) is 15.6. The molecule has 0 spiro atoms. The van der Waals surface area contributed by atoms with Gasteiger partial charge in [-0.3, -0.25) is 10.1 Å². The van der Waals surface area contributed by atoms with Gasteiger partial charge in [0.2, 0.25) is 5.82 Å². The van der Waals surface area contributed by atoms with Crippen molar-refractivity contribution in [2.75, 3.05) is 5.32 Å². The third kappa shape index (κ3) is 2.63. The van der Waals surface area contributed by atoms with Gasteiger partial charge in [-0.25, -0.2) is 4.63 Å². The fourth-order valence-electron chi connectivity index (χ4n) is 2.92. The molecule has 0 aliphatic heterocycles. The number of benzene rings is 1. The molecule has 0 atom stereocenters. The van der Waals surface area contributed by atoms with E-state index < -0.39 is 0 Å². The Morgan fingerprint density at radius 3 is 2.78 bits per heavy atom. The molecule has 116 valence electrons. The summed E-state index contributed by atoms with van der Waals surface area (Å²) in [7, 11) is 0. The van der Waals surface area contributed by atoms with Crippen LogP contribution in [0.25, 0.3) is 11.3 Å². The van der Waals surface area contributed by atoms with E-state index in [2.05, 4.69) is 27.8 Å². The molecule has 0 fully saturated rings. The molecule has 4 rings (SSSR count). The molecule has 3 aromatic rings. The van der Waals surface area contributed by atoms with Crippen molar-refractivity contribution in [3.63, 3.8) is 0 Å². The van der Waals surface area contributed by atoms with Crippen molar-refractivity contribution in [2.45, 2.75) is 25.7 Å². The van der Waals surface area contributed by atoms with Gasteiger partial charge in [-0.2, -0.15) is 0 Å². The number of nitrogens with one attached hydrogen (secondary N) is 1. The van der Waals surface area contributed by atoms with Crippen LogP contribution in [-0.4, -0.2) is 16.2 Å². The number of hydrogen-bond donors (Lipinski definition) is 1. The fraction of sp³-hybridized carbons (Fsp3) is 0.235. The standard InChI is InChI=1S/C17H15N3O3/c21-17(14-6-3-9-22-14)18-16-15(19-23-20-16)13-8-7-11-4-1-2-5-12(11)10-13/h3,6-10H,1-2,4-5H2,(H,18,20,21). The summed E-state index contributed by atoms with van der Waals surface area (Å²) in [5, 5.41) is 10.4. The Balaban J connectivity index is 1.63. The van der Waals surface area contributed by atoms with E-state index >= 15 is 0 Å². The number of anilines is 1. The van der Waals surface area contributed by atoms with E-state index in [1.54, 1.807) is 12.1 Å². The normalized spacial score (nSPS) is 13.6. The average molecular weight is 309 g/mol. The molecule has 1 aromatic carbocycles. The third-order valence-corrected chi connectivity index (χ3v) is 4.09. The molecular weight excluding hydrogens is 294 g/mol. The van der Waals surface area contributed by atoms with Gasteiger partial charge < -0.3 is 4.42 Å². The Morgan fingerprint density at radius 2 is 1.96 bits per heavy atom. The third-order valence-electron chi connectivity index (χ3n) is 4.09. The second-order valence-electron chi connectivity index (χ2n) is 5.58. The summed E-state index contributed by atoms with van der Waals surface area (Å²) in [5.74, 6) is 0.122. The van der Waals surface area contributed by atoms with Gasteiger partial charge in [-0.1, -0.05) is 12.1 Å². The molecule has 2 aromatic heterocycles. The lowest BCUT2D eigenvalue weighted by atomic mass is 9.90. The van der Waals surface area contributed by atoms with Crippen LogP contribution in [0.3, 0.4) is 0 Å². The van der Waals surface area contributed by atoms with Crippen molar-refractivity contribution < 1.29 is 13.8 Å². The largest absolute Gasteiger partial charge is 0.459 e. The molecule has 0 unspecified atom stereocenters. The Kier molecular flexibility index (Phi) is 3.42. The van der Waals surface area contributed by atoms with Gasteiger partial charge in [0.05, 0.1) is 6.26 Å². The number of fused-ring (bicyclic) bond motifs is 1. The fourth-order valence-corrected chi connectivity index (χ4v) is 2.92. The molecule has 1 aliphatic rings. The van der Waals surface area contributed by atoms with Crippen LogP contribution in [0.4, 0.5) is 5.82 Å². The lowest BCUT2D eigenvalue weighted by Gasteiger charge is -2.16. The van der Waals surface area contributed by atoms with E-state index in [9.17, 15) is 4.79 Å². The molecule has 2 heterocycles. The van der Waals surface area contributed by atoms with Gasteiger partial charge >= 0.3 is 0 Å². The maximum atomic E-state index is 12.1. The number of carbonyl (C=O) groups is 1. The summed E-state index contributed by atoms with van der Waals surface area (Å²) in [6, 6.07) is 9.46. The van der Waals surface area contributed by atoms with E-state index in [-0.39, 0.29) is 11.7 Å². The minimum absolute atomic E-state index is 0.212. The number of rotatable bonds is 3. The lowest BCUT2D eigenvalue weighted by Crippen LogP contribution is -2.12. The Labute approximate surface area is 132 Å². The van der Waals surface area contributed by atoms with E-state index in [4.69, 9.17) is 9.05 Å². The van der Waals surface area contributed by atoms with Crippen LogP contribution in [0.15, 0.2) is 45.6 Å². The van der Waals surface area contributed by atoms with Crippen LogP contribution in [0.1, 0.15) is 34.5 Å². The maximum absolute atomic E-state index is 12.1. The van der Waals surface area contributed by atoms with E-state index in [1.165, 1.54) is 30.2 Å². The first-order chi connectivity index (χ1) is 11.3. The first kappa shape index (κ1) is 13.8. The molecule has 0 radical (unpaired) electrons. The van der Waals surface area contributed by atoms with Crippen LogP contribution in [0.5, 0.6) is 0 Å². The quantitative estimate of drug-likeness (QED) is 0.801. The van der Waals surface area contributed by atoms with E-state index in [0.29, 0.717) is 11.5 Å². The minimum atomic E-state index is -0.384. The zero-order valence-corrected chi connectivity index (χ0v) is 12.4. The van der Waals surface area contributed by atoms with Crippen molar-refractivity contribution in [2.24, 2.45) is 0 Å². The summed E-state index contributed by atoms with van der Waals surface area (Å²) in [4.78, 5) is 12.1. The molecule has 0 saturated carbocycles. The predicted octanol–water partition coefficient (Wildman–Crippen LogP) is 3.46. The van der Waals surface area contributed by atoms with Gasteiger partial charge in [-0.15, -0.1) is 0 Å². The Bertz CT molecular complexity index is 837. The van der Waals surface area contributed by atoms with Crippen LogP contribution >= 0.6 is 0 Å². The maximum Gasteiger partial charge on any atom is 0.292 e. The van der Waals surface area contributed by atoms with Crippen molar-refractivity contribution in [1.82, 2.24) is 10.3 Å². The molecule has 0 saturated heterocycles. The molecule has 1 amide bonds. The topological polar surface area (TPSA) is 81.2 Å². The van der Waals surface area contributed by atoms with Crippen LogP contribution < -0.4 is 5.32 Å². The Morgan fingerprint density at radius 1 is 1.09 bits per heavy atom. The highest BCUT2D eigenvalue weighted by Crippen LogP contribution is 2.29. The molecule has 0 bridgehead atoms. The van der Waals surface area contributed by atoms with Crippen molar-refractivity contribution >= 4 is 11.7 Å². The number of amides is 1. The molecule has 23 heavy (non-hydrogen) atoms. The average Bonchev–Trinajstić information content (AvgIpc) is 3.26. The van der Waals surface area contributed by atoms with E-state index in [0.717, 1.165) is 18.4 Å². The van der Waals surface area contributed by atoms with Gasteiger partial charge in [0.1, 0.15) is 0 Å². The molecular formula is C17H15N3O3. The summed E-state index contributed by atoms with van der Waals surface area (Å²) in [6.45, 7) is 0. The summed E-state index contributed by atoms with van der Waals surface area (Å²) >= 11 is 0. The molecule has 1 aliphatic carbocycles. The first-order valence-electron chi connectivity index (χ1n) is 7.61. The van der Waals surface area contributed by atoms with Crippen molar-refractivity contribution in [3.05, 3.63) is 53.5 Å². The van der Waals surface area contributed by atoms with Crippen molar-refractivity contribution in [1.29, 1.82) is 0 Å². The second kappa shape index (κ2) is 5.72. The molecule has 6 nitrogen and oxygen atoms in total. The summed E-state index contributed by atoms with van der Waals surface area (Å²) in [5.41, 5.74) is 4.14. The smallest absolute Gasteiger partial charge is 0.292 e. The summed E-state index contributed by atoms with van der Waals surface area (Å²) in [6.07, 6.45) is 6.08. The number of furan rings is 1. The van der Waals surface area contributed by atoms with Crippen LogP contribution in [0.2, 0.25) is 0 Å². The Hall–Kier alpha value is -2.89.